The maximum atomic E-state index is 12.2. The van der Waals surface area contributed by atoms with Crippen molar-refractivity contribution in [3.63, 3.8) is 0 Å². The van der Waals surface area contributed by atoms with Crippen LogP contribution < -0.4 is 0 Å². The van der Waals surface area contributed by atoms with E-state index in [1.165, 1.54) is 0 Å². The van der Waals surface area contributed by atoms with Crippen LogP contribution in [0.1, 0.15) is 19.3 Å². The Morgan fingerprint density at radius 1 is 1.26 bits per heavy atom. The molecule has 0 bridgehead atoms. The van der Waals surface area contributed by atoms with Gasteiger partial charge < -0.3 is 19.8 Å². The van der Waals surface area contributed by atoms with Crippen molar-refractivity contribution in [2.24, 2.45) is 5.92 Å². The van der Waals surface area contributed by atoms with Crippen LogP contribution in [0, 0.1) is 5.92 Å². The summed E-state index contributed by atoms with van der Waals surface area (Å²) in [5.74, 6) is -0.421. The molecule has 0 aromatic carbocycles. The highest BCUT2D eigenvalue weighted by molar-refractivity contribution is 5.74. The lowest BCUT2D eigenvalue weighted by atomic mass is 10.0. The Kier molecular flexibility index (Phi) is 6.08. The second-order valence-corrected chi connectivity index (χ2v) is 5.54. The maximum absolute atomic E-state index is 12.2. The molecule has 110 valence electrons. The Labute approximate surface area is 115 Å². The third-order valence-corrected chi connectivity index (χ3v) is 3.53. The fourth-order valence-electron chi connectivity index (χ4n) is 2.26. The van der Waals surface area contributed by atoms with Crippen molar-refractivity contribution >= 4 is 12.0 Å². The summed E-state index contributed by atoms with van der Waals surface area (Å²) in [6.07, 6.45) is 1.78. The number of likely N-dealkylation sites (tertiary alicyclic amines) is 1. The molecule has 1 atom stereocenters. The van der Waals surface area contributed by atoms with Crippen molar-refractivity contribution in [2.45, 2.75) is 19.3 Å². The maximum Gasteiger partial charge on any atom is 0.319 e. The molecule has 6 nitrogen and oxygen atoms in total. The van der Waals surface area contributed by atoms with E-state index in [-0.39, 0.29) is 12.5 Å². The van der Waals surface area contributed by atoms with Crippen LogP contribution in [0.15, 0.2) is 0 Å². The lowest BCUT2D eigenvalue weighted by Crippen LogP contribution is -2.42. The van der Waals surface area contributed by atoms with E-state index in [0.717, 1.165) is 19.5 Å². The molecular weight excluding hydrogens is 246 g/mol. The SMILES string of the molecule is CN(C)CCN(C)C(=O)N1CCC(CCC(=O)O)C1. The lowest BCUT2D eigenvalue weighted by molar-refractivity contribution is -0.137. The molecule has 0 aromatic heterocycles. The first-order valence-electron chi connectivity index (χ1n) is 6.76. The summed E-state index contributed by atoms with van der Waals surface area (Å²) in [5.41, 5.74) is 0. The van der Waals surface area contributed by atoms with Gasteiger partial charge >= 0.3 is 12.0 Å². The van der Waals surface area contributed by atoms with E-state index in [0.29, 0.717) is 25.4 Å². The number of carboxylic acids is 1. The quantitative estimate of drug-likeness (QED) is 0.775. The number of likely N-dealkylation sites (N-methyl/N-ethyl adjacent to an activating group) is 2. The highest BCUT2D eigenvalue weighted by Crippen LogP contribution is 2.21. The summed E-state index contributed by atoms with van der Waals surface area (Å²) < 4.78 is 0. The topological polar surface area (TPSA) is 64.1 Å². The van der Waals surface area contributed by atoms with Gasteiger partial charge in [0.05, 0.1) is 0 Å². The molecule has 1 N–H and O–H groups in total. The van der Waals surface area contributed by atoms with Gasteiger partial charge in [-0.1, -0.05) is 0 Å². The molecule has 0 saturated carbocycles. The molecule has 0 aliphatic carbocycles. The first-order chi connectivity index (χ1) is 8.90. The number of nitrogens with zero attached hydrogens (tertiary/aromatic N) is 3. The smallest absolute Gasteiger partial charge is 0.319 e. The monoisotopic (exact) mass is 271 g/mol. The number of carbonyl (C=O) groups is 2. The summed E-state index contributed by atoms with van der Waals surface area (Å²) in [7, 11) is 5.78. The van der Waals surface area contributed by atoms with Crippen LogP contribution in [0.25, 0.3) is 0 Å². The number of amides is 2. The Morgan fingerprint density at radius 2 is 1.95 bits per heavy atom. The van der Waals surface area contributed by atoms with Crippen LogP contribution in [0.4, 0.5) is 4.79 Å². The molecule has 0 spiro atoms. The summed E-state index contributed by atoms with van der Waals surface area (Å²) in [6, 6.07) is 0.0553. The standard InChI is InChI=1S/C13H25N3O3/c1-14(2)8-9-15(3)13(19)16-7-6-11(10-16)4-5-12(17)18/h11H,4-10H2,1-3H3,(H,17,18). The van der Waals surface area contributed by atoms with Gasteiger partial charge in [-0.05, 0) is 32.9 Å². The summed E-state index contributed by atoms with van der Waals surface area (Å²) in [4.78, 5) is 28.3. The minimum Gasteiger partial charge on any atom is -0.481 e. The minimum absolute atomic E-state index is 0.0553. The largest absolute Gasteiger partial charge is 0.481 e. The fourth-order valence-corrected chi connectivity index (χ4v) is 2.26. The Morgan fingerprint density at radius 3 is 2.53 bits per heavy atom. The van der Waals surface area contributed by atoms with Gasteiger partial charge in [0.1, 0.15) is 0 Å². The molecule has 1 unspecified atom stereocenters. The van der Waals surface area contributed by atoms with Gasteiger partial charge in [-0.2, -0.15) is 0 Å². The van der Waals surface area contributed by atoms with Crippen LogP contribution >= 0.6 is 0 Å². The van der Waals surface area contributed by atoms with E-state index in [9.17, 15) is 9.59 Å². The zero-order valence-corrected chi connectivity index (χ0v) is 12.1. The van der Waals surface area contributed by atoms with Gasteiger partial charge in [0.25, 0.3) is 0 Å². The predicted molar refractivity (Wildman–Crippen MR) is 73.1 cm³/mol. The Hall–Kier alpha value is -1.30. The second-order valence-electron chi connectivity index (χ2n) is 5.54. The van der Waals surface area contributed by atoms with E-state index >= 15 is 0 Å². The fraction of sp³-hybridized carbons (Fsp3) is 0.846. The second kappa shape index (κ2) is 7.33. The van der Waals surface area contributed by atoms with Crippen molar-refractivity contribution in [2.75, 3.05) is 47.3 Å². The highest BCUT2D eigenvalue weighted by Gasteiger charge is 2.28. The number of rotatable bonds is 6. The molecule has 1 aliphatic heterocycles. The molecule has 6 heteroatoms. The van der Waals surface area contributed by atoms with Gasteiger partial charge in [-0.3, -0.25) is 4.79 Å². The van der Waals surface area contributed by atoms with Crippen molar-refractivity contribution in [1.82, 2.24) is 14.7 Å². The predicted octanol–water partition coefficient (Wildman–Crippen LogP) is 0.786. The lowest BCUT2D eigenvalue weighted by Gasteiger charge is -2.25. The molecule has 1 fully saturated rings. The number of urea groups is 1. The van der Waals surface area contributed by atoms with Gasteiger partial charge in [-0.15, -0.1) is 0 Å². The molecule has 19 heavy (non-hydrogen) atoms. The average Bonchev–Trinajstić information content (AvgIpc) is 2.81. The van der Waals surface area contributed by atoms with Crippen LogP contribution in [0.3, 0.4) is 0 Å². The molecular formula is C13H25N3O3. The zero-order valence-electron chi connectivity index (χ0n) is 12.1. The summed E-state index contributed by atoms with van der Waals surface area (Å²) >= 11 is 0. The highest BCUT2D eigenvalue weighted by atomic mass is 16.4. The van der Waals surface area contributed by atoms with E-state index < -0.39 is 5.97 Å². The first kappa shape index (κ1) is 15.8. The molecule has 1 rings (SSSR count). The van der Waals surface area contributed by atoms with E-state index in [1.54, 1.807) is 4.90 Å². The summed E-state index contributed by atoms with van der Waals surface area (Å²) in [6.45, 7) is 2.99. The molecule has 1 aliphatic rings. The Bertz CT molecular complexity index is 320. The van der Waals surface area contributed by atoms with Crippen molar-refractivity contribution in [3.8, 4) is 0 Å². The van der Waals surface area contributed by atoms with Gasteiger partial charge in [0.15, 0.2) is 0 Å². The van der Waals surface area contributed by atoms with Crippen LogP contribution in [-0.4, -0.2) is 79.1 Å². The van der Waals surface area contributed by atoms with Crippen molar-refractivity contribution in [3.05, 3.63) is 0 Å². The molecule has 2 amide bonds. The van der Waals surface area contributed by atoms with Crippen molar-refractivity contribution < 1.29 is 14.7 Å². The minimum atomic E-state index is -0.757. The van der Waals surface area contributed by atoms with Gasteiger partial charge in [0, 0.05) is 39.6 Å². The zero-order chi connectivity index (χ0) is 14.4. The normalized spacial score (nSPS) is 18.9. The molecule has 0 radical (unpaired) electrons. The van der Waals surface area contributed by atoms with Crippen LogP contribution in [-0.2, 0) is 4.79 Å². The Balaban J connectivity index is 2.32. The number of aliphatic carboxylic acids is 1. The third-order valence-electron chi connectivity index (χ3n) is 3.53. The summed E-state index contributed by atoms with van der Waals surface area (Å²) in [5, 5.41) is 8.67. The van der Waals surface area contributed by atoms with Crippen LogP contribution in [0.5, 0.6) is 0 Å². The van der Waals surface area contributed by atoms with Crippen LogP contribution in [0.2, 0.25) is 0 Å². The molecule has 1 saturated heterocycles. The van der Waals surface area contributed by atoms with E-state index in [2.05, 4.69) is 0 Å². The average molecular weight is 271 g/mol. The third kappa shape index (κ3) is 5.46. The van der Waals surface area contributed by atoms with Gasteiger partial charge in [0.2, 0.25) is 0 Å². The number of carbonyl (C=O) groups excluding carboxylic acids is 1. The first-order valence-corrected chi connectivity index (χ1v) is 6.76. The van der Waals surface area contributed by atoms with E-state index in [1.807, 2.05) is 30.9 Å². The molecule has 1 heterocycles. The number of carboxylic acid groups (broad SMARTS) is 1. The number of hydrogen-bond acceptors (Lipinski definition) is 3. The van der Waals surface area contributed by atoms with Gasteiger partial charge in [-0.25, -0.2) is 4.79 Å². The number of hydrogen-bond donors (Lipinski definition) is 1. The van der Waals surface area contributed by atoms with Crippen molar-refractivity contribution in [1.29, 1.82) is 0 Å². The van der Waals surface area contributed by atoms with E-state index in [4.69, 9.17) is 5.11 Å². The molecule has 0 aromatic rings.